The number of aromatic nitrogens is 3. The number of aromatic amines is 1. The molecule has 2 N–H and O–H groups in total. The average molecular weight is 248 g/mol. The van der Waals surface area contributed by atoms with Crippen LogP contribution in [-0.2, 0) is 24.9 Å². The zero-order valence-electron chi connectivity index (χ0n) is 10.4. The molecule has 0 bridgehead atoms. The van der Waals surface area contributed by atoms with Crippen LogP contribution in [0, 0.1) is 0 Å². The highest BCUT2D eigenvalue weighted by molar-refractivity contribution is 5.90. The Balaban J connectivity index is 1.93. The van der Waals surface area contributed by atoms with Crippen LogP contribution in [-0.4, -0.2) is 27.8 Å². The van der Waals surface area contributed by atoms with Crippen LogP contribution >= 0.6 is 0 Å². The van der Waals surface area contributed by atoms with E-state index in [1.165, 1.54) is 7.11 Å². The maximum Gasteiger partial charge on any atom is 0.339 e. The Kier molecular flexibility index (Phi) is 3.78. The number of esters is 1. The van der Waals surface area contributed by atoms with Gasteiger partial charge in [0.15, 0.2) is 0 Å². The van der Waals surface area contributed by atoms with Crippen LogP contribution in [0.2, 0.25) is 0 Å². The lowest BCUT2D eigenvalue weighted by molar-refractivity contribution is 0.0599. The number of hydrogen-bond acceptors (Lipinski definition) is 4. The van der Waals surface area contributed by atoms with E-state index in [0.29, 0.717) is 18.7 Å². The zero-order chi connectivity index (χ0) is 13.0. The highest BCUT2D eigenvalue weighted by Crippen LogP contribution is 2.08. The van der Waals surface area contributed by atoms with Gasteiger partial charge in [-0.25, -0.2) is 4.79 Å². The number of methoxy groups -OCH3 is 1. The van der Waals surface area contributed by atoms with Crippen LogP contribution in [0.4, 0.5) is 0 Å². The van der Waals surface area contributed by atoms with Crippen molar-refractivity contribution in [2.24, 2.45) is 7.05 Å². The fourth-order valence-electron chi connectivity index (χ4n) is 1.74. The van der Waals surface area contributed by atoms with Gasteiger partial charge in [-0.05, 0) is 12.1 Å². The standard InChI is InChI=1S/C12H16N4O2/c1-16-9(3-6-15-16)7-13-8-11-10(4-5-14-11)12(17)18-2/h3-6,13-14H,7-8H2,1-2H3. The van der Waals surface area contributed by atoms with E-state index in [0.717, 1.165) is 11.4 Å². The molecule has 2 aromatic rings. The number of rotatable bonds is 5. The van der Waals surface area contributed by atoms with Crippen LogP contribution in [0.15, 0.2) is 24.5 Å². The van der Waals surface area contributed by atoms with Gasteiger partial charge in [0.2, 0.25) is 0 Å². The van der Waals surface area contributed by atoms with Gasteiger partial charge in [0.1, 0.15) is 0 Å². The average Bonchev–Trinajstić information content (AvgIpc) is 2.98. The lowest BCUT2D eigenvalue weighted by atomic mass is 10.2. The largest absolute Gasteiger partial charge is 0.465 e. The van der Waals surface area contributed by atoms with E-state index in [4.69, 9.17) is 4.74 Å². The van der Waals surface area contributed by atoms with E-state index < -0.39 is 0 Å². The van der Waals surface area contributed by atoms with Crippen molar-refractivity contribution in [1.82, 2.24) is 20.1 Å². The molecular weight excluding hydrogens is 232 g/mol. The topological polar surface area (TPSA) is 71.9 Å². The molecule has 0 atom stereocenters. The van der Waals surface area contributed by atoms with Gasteiger partial charge >= 0.3 is 5.97 Å². The molecule has 0 aliphatic rings. The van der Waals surface area contributed by atoms with E-state index in [1.54, 1.807) is 18.5 Å². The predicted octanol–water partition coefficient (Wildman–Crippen LogP) is 0.825. The molecule has 0 aliphatic heterocycles. The Labute approximate surface area is 105 Å². The SMILES string of the molecule is COC(=O)c1cc[nH]c1CNCc1ccnn1C. The third kappa shape index (κ3) is 2.60. The lowest BCUT2D eigenvalue weighted by Gasteiger charge is -2.06. The third-order valence-corrected chi connectivity index (χ3v) is 2.77. The molecule has 6 nitrogen and oxygen atoms in total. The van der Waals surface area contributed by atoms with Crippen molar-refractivity contribution < 1.29 is 9.53 Å². The normalized spacial score (nSPS) is 10.6. The summed E-state index contributed by atoms with van der Waals surface area (Å²) >= 11 is 0. The van der Waals surface area contributed by atoms with Gasteiger partial charge in [-0.2, -0.15) is 5.10 Å². The van der Waals surface area contributed by atoms with Crippen LogP contribution < -0.4 is 5.32 Å². The van der Waals surface area contributed by atoms with Crippen molar-refractivity contribution in [2.75, 3.05) is 7.11 Å². The second-order valence-corrected chi connectivity index (χ2v) is 3.91. The molecule has 96 valence electrons. The molecule has 2 aromatic heterocycles. The lowest BCUT2D eigenvalue weighted by Crippen LogP contribution is -2.17. The first-order valence-corrected chi connectivity index (χ1v) is 5.64. The highest BCUT2D eigenvalue weighted by atomic mass is 16.5. The molecule has 0 radical (unpaired) electrons. The molecule has 0 saturated carbocycles. The monoisotopic (exact) mass is 248 g/mol. The quantitative estimate of drug-likeness (QED) is 0.769. The Morgan fingerprint density at radius 3 is 3.00 bits per heavy atom. The van der Waals surface area contributed by atoms with E-state index >= 15 is 0 Å². The number of aryl methyl sites for hydroxylation is 1. The van der Waals surface area contributed by atoms with Crippen molar-refractivity contribution >= 4 is 5.97 Å². The van der Waals surface area contributed by atoms with E-state index in [-0.39, 0.29) is 5.97 Å². The number of hydrogen-bond donors (Lipinski definition) is 2. The van der Waals surface area contributed by atoms with Gasteiger partial charge in [0, 0.05) is 38.2 Å². The molecule has 0 amide bonds. The molecule has 0 fully saturated rings. The van der Waals surface area contributed by atoms with Crippen molar-refractivity contribution in [3.05, 3.63) is 41.5 Å². The molecule has 0 spiro atoms. The molecular formula is C12H16N4O2. The number of ether oxygens (including phenoxy) is 1. The Morgan fingerprint density at radius 2 is 2.33 bits per heavy atom. The van der Waals surface area contributed by atoms with Crippen molar-refractivity contribution in [3.63, 3.8) is 0 Å². The first kappa shape index (κ1) is 12.4. The third-order valence-electron chi connectivity index (χ3n) is 2.77. The van der Waals surface area contributed by atoms with Gasteiger partial charge in [-0.1, -0.05) is 0 Å². The predicted molar refractivity (Wildman–Crippen MR) is 65.9 cm³/mol. The van der Waals surface area contributed by atoms with E-state index in [2.05, 4.69) is 15.4 Å². The Morgan fingerprint density at radius 1 is 1.50 bits per heavy atom. The molecule has 2 heterocycles. The Bertz CT molecular complexity index is 530. The van der Waals surface area contributed by atoms with Gasteiger partial charge in [0.25, 0.3) is 0 Å². The molecule has 18 heavy (non-hydrogen) atoms. The number of nitrogens with zero attached hydrogens (tertiary/aromatic N) is 2. The summed E-state index contributed by atoms with van der Waals surface area (Å²) in [6, 6.07) is 3.66. The van der Waals surface area contributed by atoms with Crippen LogP contribution in [0.3, 0.4) is 0 Å². The summed E-state index contributed by atoms with van der Waals surface area (Å²) in [5.41, 5.74) is 2.47. The van der Waals surface area contributed by atoms with Crippen molar-refractivity contribution in [3.8, 4) is 0 Å². The first-order chi connectivity index (χ1) is 8.72. The first-order valence-electron chi connectivity index (χ1n) is 5.64. The summed E-state index contributed by atoms with van der Waals surface area (Å²) in [4.78, 5) is 14.5. The minimum atomic E-state index is -0.325. The molecule has 0 aromatic carbocycles. The number of carbonyl (C=O) groups excluding carboxylic acids is 1. The number of H-pyrrole nitrogens is 1. The summed E-state index contributed by atoms with van der Waals surface area (Å²) in [6.45, 7) is 1.26. The Hall–Kier alpha value is -2.08. The minimum absolute atomic E-state index is 0.325. The minimum Gasteiger partial charge on any atom is -0.465 e. The smallest absolute Gasteiger partial charge is 0.339 e. The second-order valence-electron chi connectivity index (χ2n) is 3.91. The van der Waals surface area contributed by atoms with Crippen LogP contribution in [0.5, 0.6) is 0 Å². The van der Waals surface area contributed by atoms with Gasteiger partial charge in [0.05, 0.1) is 18.4 Å². The van der Waals surface area contributed by atoms with Crippen molar-refractivity contribution in [1.29, 1.82) is 0 Å². The zero-order valence-corrected chi connectivity index (χ0v) is 10.4. The van der Waals surface area contributed by atoms with Crippen molar-refractivity contribution in [2.45, 2.75) is 13.1 Å². The van der Waals surface area contributed by atoms with E-state index in [1.807, 2.05) is 17.8 Å². The van der Waals surface area contributed by atoms with E-state index in [9.17, 15) is 4.79 Å². The molecule has 0 saturated heterocycles. The summed E-state index contributed by atoms with van der Waals surface area (Å²) in [5, 5.41) is 7.34. The van der Waals surface area contributed by atoms with Crippen LogP contribution in [0.25, 0.3) is 0 Å². The van der Waals surface area contributed by atoms with Gasteiger partial charge in [-0.3, -0.25) is 4.68 Å². The summed E-state index contributed by atoms with van der Waals surface area (Å²) < 4.78 is 6.51. The maximum absolute atomic E-state index is 11.5. The molecule has 2 rings (SSSR count). The van der Waals surface area contributed by atoms with Gasteiger partial charge < -0.3 is 15.0 Å². The highest BCUT2D eigenvalue weighted by Gasteiger charge is 2.12. The second kappa shape index (κ2) is 5.50. The summed E-state index contributed by atoms with van der Waals surface area (Å²) in [6.07, 6.45) is 3.48. The fraction of sp³-hybridized carbons (Fsp3) is 0.333. The van der Waals surface area contributed by atoms with Crippen LogP contribution in [0.1, 0.15) is 21.7 Å². The molecule has 6 heteroatoms. The summed E-state index contributed by atoms with van der Waals surface area (Å²) in [5.74, 6) is -0.325. The van der Waals surface area contributed by atoms with Gasteiger partial charge in [-0.15, -0.1) is 0 Å². The summed E-state index contributed by atoms with van der Waals surface area (Å²) in [7, 11) is 3.27. The number of nitrogens with one attached hydrogen (secondary N) is 2. The maximum atomic E-state index is 11.5. The molecule has 0 unspecified atom stereocenters. The molecule has 0 aliphatic carbocycles. The fourth-order valence-corrected chi connectivity index (χ4v) is 1.74. The number of carbonyl (C=O) groups is 1.